The van der Waals surface area contributed by atoms with Crippen LogP contribution in [0.5, 0.6) is 0 Å². The summed E-state index contributed by atoms with van der Waals surface area (Å²) in [5.41, 5.74) is 2.55. The number of carbonyl (C=O) groups excluding carboxylic acids is 1. The SMILES string of the molecule is CCC(=O)N=CCCC(CCN1CCOCC1)(c1ccccc1)c1ccccc1. The van der Waals surface area contributed by atoms with Crippen molar-refractivity contribution in [2.45, 2.75) is 38.0 Å². The van der Waals surface area contributed by atoms with E-state index in [4.69, 9.17) is 4.74 Å². The van der Waals surface area contributed by atoms with E-state index in [2.05, 4.69) is 70.6 Å². The van der Waals surface area contributed by atoms with Gasteiger partial charge in [0.1, 0.15) is 0 Å². The Hall–Kier alpha value is -2.30. The molecule has 0 radical (unpaired) electrons. The maximum absolute atomic E-state index is 11.6. The summed E-state index contributed by atoms with van der Waals surface area (Å²) in [6.45, 7) is 6.49. The third kappa shape index (κ3) is 5.84. The van der Waals surface area contributed by atoms with Crippen LogP contribution in [0.1, 0.15) is 43.7 Å². The molecule has 1 amide bonds. The third-order valence-electron chi connectivity index (χ3n) is 5.85. The molecular weight excluding hydrogens is 360 g/mol. The molecule has 2 aromatic rings. The molecule has 1 fully saturated rings. The van der Waals surface area contributed by atoms with Crippen LogP contribution in [0.15, 0.2) is 65.7 Å². The van der Waals surface area contributed by atoms with Crippen LogP contribution in [0.4, 0.5) is 0 Å². The Morgan fingerprint density at radius 1 is 1.00 bits per heavy atom. The van der Waals surface area contributed by atoms with Gasteiger partial charge in [-0.15, -0.1) is 0 Å². The average molecular weight is 393 g/mol. The number of hydrogen-bond donors (Lipinski definition) is 0. The Bertz CT molecular complexity index is 728. The van der Waals surface area contributed by atoms with Gasteiger partial charge >= 0.3 is 0 Å². The lowest BCUT2D eigenvalue weighted by atomic mass is 9.69. The zero-order chi connectivity index (χ0) is 20.4. The van der Waals surface area contributed by atoms with Crippen molar-refractivity contribution in [1.82, 2.24) is 4.90 Å². The number of carbonyl (C=O) groups is 1. The number of aliphatic imine (C=N–C) groups is 1. The fourth-order valence-electron chi connectivity index (χ4n) is 4.13. The molecule has 1 aliphatic rings. The quantitative estimate of drug-likeness (QED) is 0.591. The zero-order valence-corrected chi connectivity index (χ0v) is 17.4. The highest BCUT2D eigenvalue weighted by Gasteiger charge is 2.34. The number of rotatable bonds is 9. The zero-order valence-electron chi connectivity index (χ0n) is 17.4. The molecule has 0 bridgehead atoms. The molecule has 154 valence electrons. The Balaban J connectivity index is 1.89. The van der Waals surface area contributed by atoms with E-state index in [1.54, 1.807) is 6.21 Å². The van der Waals surface area contributed by atoms with Crippen molar-refractivity contribution in [1.29, 1.82) is 0 Å². The lowest BCUT2D eigenvalue weighted by Gasteiger charge is -2.38. The van der Waals surface area contributed by atoms with Crippen LogP contribution in [-0.2, 0) is 14.9 Å². The van der Waals surface area contributed by atoms with E-state index < -0.39 is 0 Å². The van der Waals surface area contributed by atoms with E-state index in [0.717, 1.165) is 52.1 Å². The summed E-state index contributed by atoms with van der Waals surface area (Å²) in [7, 11) is 0. The van der Waals surface area contributed by atoms with Crippen molar-refractivity contribution in [2.75, 3.05) is 32.8 Å². The summed E-state index contributed by atoms with van der Waals surface area (Å²) in [5.74, 6) is -0.0525. The van der Waals surface area contributed by atoms with Crippen LogP contribution in [0.3, 0.4) is 0 Å². The molecule has 0 N–H and O–H groups in total. The van der Waals surface area contributed by atoms with Gasteiger partial charge in [-0.25, -0.2) is 4.99 Å². The van der Waals surface area contributed by atoms with Crippen molar-refractivity contribution >= 4 is 12.1 Å². The summed E-state index contributed by atoms with van der Waals surface area (Å²) < 4.78 is 5.52. The van der Waals surface area contributed by atoms with E-state index in [-0.39, 0.29) is 11.3 Å². The lowest BCUT2D eigenvalue weighted by Crippen LogP contribution is -2.40. The van der Waals surface area contributed by atoms with Gasteiger partial charge < -0.3 is 4.74 Å². The predicted octanol–water partition coefficient (Wildman–Crippen LogP) is 4.48. The van der Waals surface area contributed by atoms with Crippen LogP contribution in [0, 0.1) is 0 Å². The summed E-state index contributed by atoms with van der Waals surface area (Å²) in [6, 6.07) is 21.6. The number of hydrogen-bond acceptors (Lipinski definition) is 3. The maximum atomic E-state index is 11.6. The molecule has 29 heavy (non-hydrogen) atoms. The van der Waals surface area contributed by atoms with Crippen LogP contribution in [0.2, 0.25) is 0 Å². The summed E-state index contributed by atoms with van der Waals surface area (Å²) in [6.07, 6.45) is 4.98. The Morgan fingerprint density at radius 2 is 1.59 bits per heavy atom. The molecule has 0 saturated carbocycles. The second kappa shape index (κ2) is 11.0. The normalized spacial score (nSPS) is 15.6. The highest BCUT2D eigenvalue weighted by Crippen LogP contribution is 2.40. The van der Waals surface area contributed by atoms with E-state index in [0.29, 0.717) is 6.42 Å². The van der Waals surface area contributed by atoms with Crippen molar-refractivity contribution in [3.8, 4) is 0 Å². The predicted molar refractivity (Wildman–Crippen MR) is 119 cm³/mol. The Kier molecular flexibility index (Phi) is 8.14. The summed E-state index contributed by atoms with van der Waals surface area (Å²) in [4.78, 5) is 18.2. The highest BCUT2D eigenvalue weighted by molar-refractivity contribution is 5.84. The van der Waals surface area contributed by atoms with E-state index >= 15 is 0 Å². The molecule has 0 aromatic heterocycles. The molecule has 2 aromatic carbocycles. The second-order valence-electron chi connectivity index (χ2n) is 7.62. The fraction of sp³-hybridized carbons (Fsp3) is 0.440. The van der Waals surface area contributed by atoms with Gasteiger partial charge in [0.05, 0.1) is 13.2 Å². The highest BCUT2D eigenvalue weighted by atomic mass is 16.5. The summed E-state index contributed by atoms with van der Waals surface area (Å²) >= 11 is 0. The molecule has 0 spiro atoms. The average Bonchev–Trinajstić information content (AvgIpc) is 2.80. The van der Waals surface area contributed by atoms with E-state index in [9.17, 15) is 4.79 Å². The molecule has 4 nitrogen and oxygen atoms in total. The standard InChI is InChI=1S/C25H32N2O2/c1-2-24(28)26-16-9-14-25(22-10-5-3-6-11-22,23-12-7-4-8-13-23)15-17-27-18-20-29-21-19-27/h3-8,10-13,16H,2,9,14-15,17-21H2,1H3. The van der Waals surface area contributed by atoms with Gasteiger partial charge in [-0.05, 0) is 36.9 Å². The van der Waals surface area contributed by atoms with Gasteiger partial charge in [0, 0.05) is 31.1 Å². The smallest absolute Gasteiger partial charge is 0.245 e. The first-order valence-corrected chi connectivity index (χ1v) is 10.7. The van der Waals surface area contributed by atoms with E-state index in [1.807, 2.05) is 6.92 Å². The molecule has 1 saturated heterocycles. The van der Waals surface area contributed by atoms with Crippen molar-refractivity contribution in [2.24, 2.45) is 4.99 Å². The lowest BCUT2D eigenvalue weighted by molar-refractivity contribution is -0.117. The van der Waals surface area contributed by atoms with Gasteiger partial charge in [0.15, 0.2) is 0 Å². The molecule has 0 aliphatic carbocycles. The minimum atomic E-state index is -0.109. The molecule has 1 heterocycles. The van der Waals surface area contributed by atoms with Gasteiger partial charge in [-0.2, -0.15) is 0 Å². The number of morpholine rings is 1. The first-order chi connectivity index (χ1) is 14.2. The van der Waals surface area contributed by atoms with Gasteiger partial charge in [-0.1, -0.05) is 67.6 Å². The summed E-state index contributed by atoms with van der Waals surface area (Å²) in [5, 5.41) is 0. The maximum Gasteiger partial charge on any atom is 0.245 e. The van der Waals surface area contributed by atoms with Crippen LogP contribution in [0.25, 0.3) is 0 Å². The Morgan fingerprint density at radius 3 is 2.14 bits per heavy atom. The van der Waals surface area contributed by atoms with Crippen LogP contribution < -0.4 is 0 Å². The molecule has 1 aliphatic heterocycles. The largest absolute Gasteiger partial charge is 0.379 e. The van der Waals surface area contributed by atoms with Crippen molar-refractivity contribution in [3.63, 3.8) is 0 Å². The minimum Gasteiger partial charge on any atom is -0.379 e. The minimum absolute atomic E-state index is 0.0525. The van der Waals surface area contributed by atoms with Gasteiger partial charge in [0.25, 0.3) is 0 Å². The van der Waals surface area contributed by atoms with Gasteiger partial charge in [-0.3, -0.25) is 9.69 Å². The topological polar surface area (TPSA) is 41.9 Å². The number of nitrogens with zero attached hydrogens (tertiary/aromatic N) is 2. The number of amides is 1. The van der Waals surface area contributed by atoms with Crippen LogP contribution in [-0.4, -0.2) is 49.9 Å². The molecule has 3 rings (SSSR count). The molecular formula is C25H32N2O2. The van der Waals surface area contributed by atoms with Crippen molar-refractivity contribution in [3.05, 3.63) is 71.8 Å². The fourth-order valence-corrected chi connectivity index (χ4v) is 4.13. The van der Waals surface area contributed by atoms with Crippen molar-refractivity contribution < 1.29 is 9.53 Å². The third-order valence-corrected chi connectivity index (χ3v) is 5.85. The van der Waals surface area contributed by atoms with Crippen LogP contribution >= 0.6 is 0 Å². The number of ether oxygens (including phenoxy) is 1. The first-order valence-electron chi connectivity index (χ1n) is 10.7. The van der Waals surface area contributed by atoms with E-state index in [1.165, 1.54) is 11.1 Å². The molecule has 0 atom stereocenters. The second-order valence-corrected chi connectivity index (χ2v) is 7.62. The number of benzene rings is 2. The first kappa shape index (κ1) is 21.4. The molecule has 0 unspecified atom stereocenters. The van der Waals surface area contributed by atoms with Gasteiger partial charge in [0.2, 0.25) is 5.91 Å². The Labute approximate surface area is 174 Å². The monoisotopic (exact) mass is 392 g/mol. The molecule has 4 heteroatoms.